The lowest BCUT2D eigenvalue weighted by molar-refractivity contribution is 0.102. The minimum atomic E-state index is -0.376. The van der Waals surface area contributed by atoms with Gasteiger partial charge in [0.1, 0.15) is 5.75 Å². The summed E-state index contributed by atoms with van der Waals surface area (Å²) in [6.45, 7) is 2.18. The average molecular weight is 318 g/mol. The van der Waals surface area contributed by atoms with E-state index in [0.29, 0.717) is 10.7 Å². The van der Waals surface area contributed by atoms with Crippen LogP contribution in [0, 0.1) is 0 Å². The van der Waals surface area contributed by atoms with Crippen molar-refractivity contribution in [2.45, 2.75) is 32.6 Å². The number of benzene rings is 2. The maximum absolute atomic E-state index is 12.2. The van der Waals surface area contributed by atoms with E-state index in [9.17, 15) is 9.90 Å². The summed E-state index contributed by atoms with van der Waals surface area (Å²) in [4.78, 5) is 12.2. The predicted octanol–water partition coefficient (Wildman–Crippen LogP) is 5.03. The van der Waals surface area contributed by atoms with E-state index in [2.05, 4.69) is 12.2 Å². The second-order valence-electron chi connectivity index (χ2n) is 5.27. The highest BCUT2D eigenvalue weighted by Crippen LogP contribution is 2.23. The molecule has 2 aromatic rings. The monoisotopic (exact) mass is 317 g/mol. The fourth-order valence-electron chi connectivity index (χ4n) is 2.22. The maximum atomic E-state index is 12.2. The summed E-state index contributed by atoms with van der Waals surface area (Å²) in [5, 5.41) is 12.9. The molecule has 22 heavy (non-hydrogen) atoms. The zero-order valence-corrected chi connectivity index (χ0v) is 13.4. The lowest BCUT2D eigenvalue weighted by atomic mass is 10.1. The Hall–Kier alpha value is -2.00. The number of anilines is 1. The number of hydrogen-bond acceptors (Lipinski definition) is 2. The van der Waals surface area contributed by atoms with Gasteiger partial charge in [0, 0.05) is 10.7 Å². The molecule has 2 rings (SSSR count). The van der Waals surface area contributed by atoms with Gasteiger partial charge in [-0.3, -0.25) is 4.79 Å². The summed E-state index contributed by atoms with van der Waals surface area (Å²) < 4.78 is 0. The molecule has 0 aliphatic rings. The normalized spacial score (nSPS) is 10.5. The van der Waals surface area contributed by atoms with E-state index in [1.165, 1.54) is 37.0 Å². The van der Waals surface area contributed by atoms with Gasteiger partial charge in [-0.25, -0.2) is 0 Å². The molecular weight excluding hydrogens is 298 g/mol. The first-order valence-corrected chi connectivity index (χ1v) is 7.86. The first-order valence-electron chi connectivity index (χ1n) is 7.49. The Morgan fingerprint density at radius 2 is 1.86 bits per heavy atom. The van der Waals surface area contributed by atoms with Gasteiger partial charge in [-0.05, 0) is 48.7 Å². The molecule has 1 amide bonds. The fraction of sp³-hybridized carbons (Fsp3) is 0.278. The van der Waals surface area contributed by atoms with Crippen molar-refractivity contribution in [3.8, 4) is 5.75 Å². The molecule has 0 radical (unpaired) electrons. The van der Waals surface area contributed by atoms with Crippen molar-refractivity contribution in [2.75, 3.05) is 5.32 Å². The number of carbonyl (C=O) groups excluding carboxylic acids is 1. The van der Waals surface area contributed by atoms with Crippen molar-refractivity contribution in [2.24, 2.45) is 0 Å². The quantitative estimate of drug-likeness (QED) is 0.734. The van der Waals surface area contributed by atoms with Crippen LogP contribution in [0.25, 0.3) is 0 Å². The number of rotatable bonds is 6. The Morgan fingerprint density at radius 3 is 2.55 bits per heavy atom. The van der Waals surface area contributed by atoms with Gasteiger partial charge in [0.2, 0.25) is 0 Å². The van der Waals surface area contributed by atoms with Crippen LogP contribution in [-0.2, 0) is 6.42 Å². The molecule has 0 saturated heterocycles. The van der Waals surface area contributed by atoms with Gasteiger partial charge in [0.15, 0.2) is 0 Å². The van der Waals surface area contributed by atoms with Crippen molar-refractivity contribution in [3.05, 3.63) is 58.6 Å². The largest absolute Gasteiger partial charge is 0.507 e. The average Bonchev–Trinajstić information content (AvgIpc) is 2.51. The lowest BCUT2D eigenvalue weighted by Crippen LogP contribution is -2.12. The number of nitrogens with one attached hydrogen (secondary N) is 1. The summed E-state index contributed by atoms with van der Waals surface area (Å²) >= 11 is 5.85. The highest BCUT2D eigenvalue weighted by Gasteiger charge is 2.11. The van der Waals surface area contributed by atoms with Crippen molar-refractivity contribution in [1.29, 1.82) is 0 Å². The molecule has 116 valence electrons. The first-order chi connectivity index (χ1) is 10.6. The second-order valence-corrected chi connectivity index (χ2v) is 5.71. The number of phenolic OH excluding ortho intramolecular Hbond substituents is 1. The van der Waals surface area contributed by atoms with Crippen LogP contribution < -0.4 is 5.32 Å². The molecular formula is C18H20ClNO2. The third kappa shape index (κ3) is 4.50. The molecule has 0 spiro atoms. The van der Waals surface area contributed by atoms with Gasteiger partial charge in [-0.2, -0.15) is 0 Å². The van der Waals surface area contributed by atoms with Gasteiger partial charge in [-0.1, -0.05) is 43.5 Å². The van der Waals surface area contributed by atoms with Gasteiger partial charge >= 0.3 is 0 Å². The molecule has 2 aromatic carbocycles. The minimum Gasteiger partial charge on any atom is -0.507 e. The van der Waals surface area contributed by atoms with E-state index in [-0.39, 0.29) is 17.2 Å². The second kappa shape index (κ2) is 7.85. The van der Waals surface area contributed by atoms with Crippen LogP contribution in [0.15, 0.2) is 42.5 Å². The molecule has 3 nitrogen and oxygen atoms in total. The molecule has 2 N–H and O–H groups in total. The molecule has 0 unspecified atom stereocenters. The maximum Gasteiger partial charge on any atom is 0.259 e. The number of phenols is 1. The standard InChI is InChI=1S/C18H20ClNO2/c1-2-3-4-5-13-6-9-15(10-7-13)20-18(22)16-12-14(19)8-11-17(16)21/h6-12,21H,2-5H2,1H3,(H,20,22). The van der Waals surface area contributed by atoms with Crippen LogP contribution in [0.4, 0.5) is 5.69 Å². The van der Waals surface area contributed by atoms with E-state index in [4.69, 9.17) is 11.6 Å². The summed E-state index contributed by atoms with van der Waals surface area (Å²) in [5.41, 5.74) is 2.13. The Kier molecular flexibility index (Phi) is 5.84. The van der Waals surface area contributed by atoms with E-state index in [0.717, 1.165) is 6.42 Å². The molecule has 0 saturated carbocycles. The van der Waals surface area contributed by atoms with Crippen molar-refractivity contribution < 1.29 is 9.90 Å². The molecule has 0 aliphatic carbocycles. The van der Waals surface area contributed by atoms with Crippen molar-refractivity contribution in [3.63, 3.8) is 0 Å². The van der Waals surface area contributed by atoms with Crippen molar-refractivity contribution in [1.82, 2.24) is 0 Å². The van der Waals surface area contributed by atoms with Crippen LogP contribution >= 0.6 is 11.6 Å². The molecule has 4 heteroatoms. The molecule has 0 aromatic heterocycles. The summed E-state index contributed by atoms with van der Waals surface area (Å²) in [6.07, 6.45) is 4.67. The first kappa shape index (κ1) is 16.4. The van der Waals surface area contributed by atoms with Gasteiger partial charge < -0.3 is 10.4 Å². The van der Waals surface area contributed by atoms with Gasteiger partial charge in [0.05, 0.1) is 5.56 Å². The summed E-state index contributed by atoms with van der Waals surface area (Å²) in [5.74, 6) is -0.461. The zero-order valence-electron chi connectivity index (χ0n) is 12.6. The van der Waals surface area contributed by atoms with E-state index >= 15 is 0 Å². The lowest BCUT2D eigenvalue weighted by Gasteiger charge is -2.08. The fourth-order valence-corrected chi connectivity index (χ4v) is 2.39. The number of halogens is 1. The molecule has 0 atom stereocenters. The summed E-state index contributed by atoms with van der Waals surface area (Å²) in [7, 11) is 0. The number of hydrogen-bond donors (Lipinski definition) is 2. The van der Waals surface area contributed by atoms with E-state index < -0.39 is 0 Å². The number of aromatic hydroxyl groups is 1. The topological polar surface area (TPSA) is 49.3 Å². The van der Waals surface area contributed by atoms with E-state index in [1.54, 1.807) is 6.07 Å². The Morgan fingerprint density at radius 1 is 1.14 bits per heavy atom. The van der Waals surface area contributed by atoms with E-state index in [1.807, 2.05) is 24.3 Å². The minimum absolute atomic E-state index is 0.0851. The molecule has 0 heterocycles. The van der Waals surface area contributed by atoms with Crippen LogP contribution in [-0.4, -0.2) is 11.0 Å². The third-order valence-corrected chi connectivity index (χ3v) is 3.72. The van der Waals surface area contributed by atoms with Gasteiger partial charge in [-0.15, -0.1) is 0 Å². The predicted molar refractivity (Wildman–Crippen MR) is 90.7 cm³/mol. The van der Waals surface area contributed by atoms with Crippen LogP contribution in [0.1, 0.15) is 42.1 Å². The number of amides is 1. The molecule has 0 aliphatic heterocycles. The number of carbonyl (C=O) groups is 1. The highest BCUT2D eigenvalue weighted by atomic mass is 35.5. The van der Waals surface area contributed by atoms with Crippen molar-refractivity contribution >= 4 is 23.2 Å². The molecule has 0 bridgehead atoms. The summed E-state index contributed by atoms with van der Waals surface area (Å²) in [6, 6.07) is 12.2. The Labute approximate surface area is 135 Å². The van der Waals surface area contributed by atoms with Crippen LogP contribution in [0.3, 0.4) is 0 Å². The molecule has 0 fully saturated rings. The number of unbranched alkanes of at least 4 members (excludes halogenated alkanes) is 2. The number of aryl methyl sites for hydroxylation is 1. The van der Waals surface area contributed by atoms with Gasteiger partial charge in [0.25, 0.3) is 5.91 Å². The van der Waals surface area contributed by atoms with Crippen LogP contribution in [0.5, 0.6) is 5.75 Å². The Bertz CT molecular complexity index is 638. The van der Waals surface area contributed by atoms with Crippen LogP contribution in [0.2, 0.25) is 5.02 Å². The zero-order chi connectivity index (χ0) is 15.9. The third-order valence-electron chi connectivity index (χ3n) is 3.48. The SMILES string of the molecule is CCCCCc1ccc(NC(=O)c2cc(Cl)ccc2O)cc1. The smallest absolute Gasteiger partial charge is 0.259 e. The highest BCUT2D eigenvalue weighted by molar-refractivity contribution is 6.31. The Balaban J connectivity index is 2.01.